The summed E-state index contributed by atoms with van der Waals surface area (Å²) in [5.41, 5.74) is 0.454. The van der Waals surface area contributed by atoms with Crippen molar-refractivity contribution in [3.05, 3.63) is 11.6 Å². The molecule has 182 valence electrons. The molecule has 0 amide bonds. The van der Waals surface area contributed by atoms with Crippen molar-refractivity contribution in [2.75, 3.05) is 14.1 Å². The zero-order chi connectivity index (χ0) is 24.3. The summed E-state index contributed by atoms with van der Waals surface area (Å²) < 4.78 is 11.8. The summed E-state index contributed by atoms with van der Waals surface area (Å²) in [5.74, 6) is -0.838. The third-order valence-electron chi connectivity index (χ3n) is 8.50. The summed E-state index contributed by atoms with van der Waals surface area (Å²) >= 11 is 0. The van der Waals surface area contributed by atoms with Gasteiger partial charge in [0.1, 0.15) is 12.2 Å². The molecule has 6 heteroatoms. The molecule has 2 heterocycles. The second kappa shape index (κ2) is 8.12. The number of piperidine rings is 2. The topological polar surface area (TPSA) is 59.1 Å². The molecular formula is C26H44N2O4. The van der Waals surface area contributed by atoms with Gasteiger partial charge in [-0.1, -0.05) is 6.08 Å². The highest BCUT2D eigenvalue weighted by molar-refractivity contribution is 5.94. The fourth-order valence-electron chi connectivity index (χ4n) is 5.95. The Morgan fingerprint density at radius 2 is 1.09 bits per heavy atom. The third kappa shape index (κ3) is 4.91. The van der Waals surface area contributed by atoms with E-state index in [4.69, 9.17) is 9.47 Å². The van der Waals surface area contributed by atoms with E-state index in [1.54, 1.807) is 6.08 Å². The van der Waals surface area contributed by atoms with Gasteiger partial charge in [0.2, 0.25) is 0 Å². The van der Waals surface area contributed by atoms with Crippen molar-refractivity contribution >= 4 is 11.9 Å². The van der Waals surface area contributed by atoms with Gasteiger partial charge in [0, 0.05) is 53.4 Å². The monoisotopic (exact) mass is 448 g/mol. The van der Waals surface area contributed by atoms with E-state index in [-0.39, 0.29) is 52.2 Å². The number of esters is 2. The molecule has 1 atom stereocenters. The molecule has 2 aliphatic heterocycles. The number of rotatable bonds is 4. The third-order valence-corrected chi connectivity index (χ3v) is 8.50. The molecule has 0 saturated carbocycles. The van der Waals surface area contributed by atoms with E-state index in [0.717, 1.165) is 25.7 Å². The van der Waals surface area contributed by atoms with Gasteiger partial charge < -0.3 is 9.47 Å². The summed E-state index contributed by atoms with van der Waals surface area (Å²) in [6.07, 6.45) is 5.17. The van der Waals surface area contributed by atoms with Crippen LogP contribution in [-0.2, 0) is 19.1 Å². The highest BCUT2D eigenvalue weighted by Gasteiger charge is 2.47. The van der Waals surface area contributed by atoms with Crippen LogP contribution in [0, 0.1) is 5.92 Å². The lowest BCUT2D eigenvalue weighted by Crippen LogP contribution is -2.60. The van der Waals surface area contributed by atoms with Gasteiger partial charge in [-0.25, -0.2) is 4.79 Å². The van der Waals surface area contributed by atoms with Crippen LogP contribution >= 0.6 is 0 Å². The number of nitrogens with zero attached hydrogens (tertiary/aromatic N) is 2. The lowest BCUT2D eigenvalue weighted by molar-refractivity contribution is -0.163. The fourth-order valence-corrected chi connectivity index (χ4v) is 5.95. The van der Waals surface area contributed by atoms with Crippen LogP contribution in [0.5, 0.6) is 0 Å². The Balaban J connectivity index is 1.55. The molecule has 0 aromatic rings. The van der Waals surface area contributed by atoms with Crippen LogP contribution < -0.4 is 0 Å². The Bertz CT molecular complexity index is 760. The van der Waals surface area contributed by atoms with Gasteiger partial charge in [-0.3, -0.25) is 14.6 Å². The van der Waals surface area contributed by atoms with Gasteiger partial charge in [-0.2, -0.15) is 0 Å². The molecule has 1 unspecified atom stereocenters. The summed E-state index contributed by atoms with van der Waals surface area (Å²) in [4.78, 5) is 30.2. The number of ether oxygens (including phenoxy) is 2. The molecule has 3 rings (SSSR count). The first kappa shape index (κ1) is 25.2. The molecule has 0 aromatic carbocycles. The number of carbonyl (C=O) groups excluding carboxylic acids is 2. The fraction of sp³-hybridized carbons (Fsp3) is 0.846. The molecule has 2 fully saturated rings. The lowest BCUT2D eigenvalue weighted by atomic mass is 9.78. The average Bonchev–Trinajstić information content (AvgIpc) is 2.55. The molecule has 1 aliphatic carbocycles. The summed E-state index contributed by atoms with van der Waals surface area (Å²) in [5, 5.41) is 0. The Labute approximate surface area is 194 Å². The van der Waals surface area contributed by atoms with Crippen LogP contribution in [0.4, 0.5) is 0 Å². The van der Waals surface area contributed by atoms with Crippen molar-refractivity contribution in [2.24, 2.45) is 5.92 Å². The number of hydrogen-bond acceptors (Lipinski definition) is 6. The smallest absolute Gasteiger partial charge is 0.334 e. The first-order valence-electron chi connectivity index (χ1n) is 12.0. The van der Waals surface area contributed by atoms with Crippen LogP contribution in [-0.4, -0.2) is 70.2 Å². The first-order chi connectivity index (χ1) is 14.4. The Kier molecular flexibility index (Phi) is 6.40. The normalized spacial score (nSPS) is 30.2. The van der Waals surface area contributed by atoms with Crippen molar-refractivity contribution in [2.45, 2.75) is 122 Å². The van der Waals surface area contributed by atoms with E-state index in [1.165, 1.54) is 0 Å². The van der Waals surface area contributed by atoms with E-state index in [9.17, 15) is 9.59 Å². The predicted octanol–water partition coefficient (Wildman–Crippen LogP) is 4.32. The second-order valence-corrected chi connectivity index (χ2v) is 12.8. The van der Waals surface area contributed by atoms with Gasteiger partial charge in [0.25, 0.3) is 0 Å². The standard InChI is InChI=1S/C26H44N2O4/c1-23(2)13-19(14-24(3,4)27(23)9)31-21(29)17-11-18(12-17)22(30)32-20-15-25(5,6)28(10)26(7,8)16-20/h11,17,19-20H,12-16H2,1-10H3. The predicted molar refractivity (Wildman–Crippen MR) is 126 cm³/mol. The highest BCUT2D eigenvalue weighted by Crippen LogP contribution is 2.40. The van der Waals surface area contributed by atoms with Gasteiger partial charge in [0.05, 0.1) is 5.92 Å². The van der Waals surface area contributed by atoms with Crippen LogP contribution in [0.1, 0.15) is 87.5 Å². The quantitative estimate of drug-likeness (QED) is 0.597. The van der Waals surface area contributed by atoms with Crippen molar-refractivity contribution in [1.29, 1.82) is 0 Å². The minimum atomic E-state index is -0.339. The molecule has 0 aromatic heterocycles. The van der Waals surface area contributed by atoms with Crippen LogP contribution in [0.2, 0.25) is 0 Å². The molecule has 0 radical (unpaired) electrons. The maximum absolute atomic E-state index is 12.7. The molecule has 6 nitrogen and oxygen atoms in total. The number of likely N-dealkylation sites (tertiary alicyclic amines) is 2. The first-order valence-corrected chi connectivity index (χ1v) is 12.0. The minimum Gasteiger partial charge on any atom is -0.462 e. The maximum atomic E-state index is 12.7. The Morgan fingerprint density at radius 3 is 1.47 bits per heavy atom. The molecule has 0 bridgehead atoms. The van der Waals surface area contributed by atoms with Crippen molar-refractivity contribution in [1.82, 2.24) is 9.80 Å². The van der Waals surface area contributed by atoms with Gasteiger partial charge >= 0.3 is 11.9 Å². The van der Waals surface area contributed by atoms with E-state index in [1.807, 2.05) is 0 Å². The lowest BCUT2D eigenvalue weighted by Gasteiger charge is -2.53. The summed E-state index contributed by atoms with van der Waals surface area (Å²) in [6, 6.07) is 0. The van der Waals surface area contributed by atoms with Gasteiger partial charge in [0.15, 0.2) is 0 Å². The zero-order valence-corrected chi connectivity index (χ0v) is 21.9. The molecule has 2 saturated heterocycles. The Hall–Kier alpha value is -1.40. The van der Waals surface area contributed by atoms with Crippen LogP contribution in [0.25, 0.3) is 0 Å². The van der Waals surface area contributed by atoms with Crippen molar-refractivity contribution < 1.29 is 19.1 Å². The summed E-state index contributed by atoms with van der Waals surface area (Å²) in [7, 11) is 4.27. The Morgan fingerprint density at radius 1 is 0.750 bits per heavy atom. The SMILES string of the molecule is CN1C(C)(C)CC(OC(=O)C2=CC(C(=O)OC3CC(C)(C)N(C)C(C)(C)C3)C2)CC1(C)C. The molecular weight excluding hydrogens is 404 g/mol. The van der Waals surface area contributed by atoms with E-state index in [0.29, 0.717) is 12.0 Å². The number of carbonyl (C=O) groups is 2. The number of hydrogen-bond donors (Lipinski definition) is 0. The van der Waals surface area contributed by atoms with Crippen molar-refractivity contribution in [3.8, 4) is 0 Å². The summed E-state index contributed by atoms with van der Waals surface area (Å²) in [6.45, 7) is 17.5. The molecule has 32 heavy (non-hydrogen) atoms. The van der Waals surface area contributed by atoms with E-state index in [2.05, 4.69) is 79.3 Å². The second-order valence-electron chi connectivity index (χ2n) is 12.8. The minimum absolute atomic E-state index is 0.0350. The van der Waals surface area contributed by atoms with E-state index < -0.39 is 0 Å². The zero-order valence-electron chi connectivity index (χ0n) is 21.9. The van der Waals surface area contributed by atoms with Gasteiger partial charge in [-0.05, 0) is 75.9 Å². The van der Waals surface area contributed by atoms with Crippen LogP contribution in [0.3, 0.4) is 0 Å². The van der Waals surface area contributed by atoms with Crippen molar-refractivity contribution in [3.63, 3.8) is 0 Å². The van der Waals surface area contributed by atoms with E-state index >= 15 is 0 Å². The highest BCUT2D eigenvalue weighted by atomic mass is 16.5. The van der Waals surface area contributed by atoms with Gasteiger partial charge in [-0.15, -0.1) is 0 Å². The average molecular weight is 449 g/mol. The molecule has 3 aliphatic rings. The maximum Gasteiger partial charge on any atom is 0.334 e. The van der Waals surface area contributed by atoms with Crippen LogP contribution in [0.15, 0.2) is 11.6 Å². The molecule has 0 N–H and O–H groups in total. The largest absolute Gasteiger partial charge is 0.462 e. The molecule has 0 spiro atoms.